The predicted molar refractivity (Wildman–Crippen MR) is 114 cm³/mol. The van der Waals surface area contributed by atoms with Gasteiger partial charge in [-0.15, -0.1) is 0 Å². The van der Waals surface area contributed by atoms with Crippen LogP contribution in [0.4, 0.5) is 5.69 Å². The number of nitrogens with zero attached hydrogens (tertiary/aromatic N) is 1. The lowest BCUT2D eigenvalue weighted by Gasteiger charge is -2.34. The standard InChI is InChI=1S/C22H27N3OS/c1-16-11-17(2)13-20(12-16)23-22(27)25-8-6-24(7-9-25)15-18-3-4-21-19(14-18)5-10-26-21/h3-4,11-14H,5-10,15H2,1-2H3,(H,23,27)/p+1. The Bertz CT molecular complexity index is 823. The van der Waals surface area contributed by atoms with E-state index in [1.165, 1.54) is 22.3 Å². The fourth-order valence-corrected chi connectivity index (χ4v) is 4.39. The lowest BCUT2D eigenvalue weighted by Crippen LogP contribution is -3.13. The Kier molecular flexibility index (Phi) is 5.32. The average molecular weight is 383 g/mol. The number of nitrogens with one attached hydrogen (secondary N) is 2. The number of piperazine rings is 1. The molecule has 2 aliphatic rings. The summed E-state index contributed by atoms with van der Waals surface area (Å²) in [6, 6.07) is 13.2. The third-order valence-corrected chi connectivity index (χ3v) is 5.80. The second-order valence-electron chi connectivity index (χ2n) is 7.76. The van der Waals surface area contributed by atoms with E-state index in [-0.39, 0.29) is 0 Å². The Balaban J connectivity index is 1.30. The monoisotopic (exact) mass is 382 g/mol. The number of benzene rings is 2. The summed E-state index contributed by atoms with van der Waals surface area (Å²) in [5.74, 6) is 1.07. The van der Waals surface area contributed by atoms with Gasteiger partial charge in [-0.2, -0.15) is 0 Å². The molecule has 1 saturated heterocycles. The van der Waals surface area contributed by atoms with Crippen molar-refractivity contribution < 1.29 is 9.64 Å². The molecular weight excluding hydrogens is 354 g/mol. The normalized spacial score (nSPS) is 16.7. The molecule has 4 rings (SSSR count). The molecule has 1 fully saturated rings. The fraction of sp³-hybridized carbons (Fsp3) is 0.409. The summed E-state index contributed by atoms with van der Waals surface area (Å²) in [5.41, 5.74) is 6.39. The zero-order valence-electron chi connectivity index (χ0n) is 16.2. The van der Waals surface area contributed by atoms with Crippen LogP contribution in [0, 0.1) is 13.8 Å². The number of anilines is 1. The molecule has 2 aromatic carbocycles. The first kappa shape index (κ1) is 18.3. The van der Waals surface area contributed by atoms with Crippen molar-refractivity contribution in [3.8, 4) is 5.75 Å². The molecule has 0 aromatic heterocycles. The number of hydrogen-bond donors (Lipinski definition) is 2. The van der Waals surface area contributed by atoms with Gasteiger partial charge < -0.3 is 19.9 Å². The van der Waals surface area contributed by atoms with Gasteiger partial charge in [-0.3, -0.25) is 0 Å². The Labute approximate surface area is 167 Å². The van der Waals surface area contributed by atoms with Crippen LogP contribution >= 0.6 is 12.2 Å². The van der Waals surface area contributed by atoms with Crippen molar-refractivity contribution in [1.82, 2.24) is 4.90 Å². The fourth-order valence-electron chi connectivity index (χ4n) is 4.09. The van der Waals surface area contributed by atoms with Crippen LogP contribution in [-0.2, 0) is 13.0 Å². The molecule has 5 heteroatoms. The van der Waals surface area contributed by atoms with E-state index in [2.05, 4.69) is 60.5 Å². The third kappa shape index (κ3) is 4.42. The van der Waals surface area contributed by atoms with E-state index in [1.807, 2.05) is 0 Å². The topological polar surface area (TPSA) is 28.9 Å². The van der Waals surface area contributed by atoms with Gasteiger partial charge >= 0.3 is 0 Å². The highest BCUT2D eigenvalue weighted by molar-refractivity contribution is 7.80. The predicted octanol–water partition coefficient (Wildman–Crippen LogP) is 2.34. The first-order chi connectivity index (χ1) is 13.1. The van der Waals surface area contributed by atoms with E-state index < -0.39 is 0 Å². The van der Waals surface area contributed by atoms with Gasteiger partial charge in [0.05, 0.1) is 32.8 Å². The van der Waals surface area contributed by atoms with Crippen LogP contribution in [0.5, 0.6) is 5.75 Å². The lowest BCUT2D eigenvalue weighted by molar-refractivity contribution is -0.917. The first-order valence-electron chi connectivity index (χ1n) is 9.79. The number of aryl methyl sites for hydroxylation is 2. The minimum absolute atomic E-state index is 0.829. The highest BCUT2D eigenvalue weighted by Crippen LogP contribution is 2.25. The minimum Gasteiger partial charge on any atom is -0.493 e. The van der Waals surface area contributed by atoms with Gasteiger partial charge in [0.2, 0.25) is 0 Å². The maximum absolute atomic E-state index is 5.66. The molecule has 2 N–H and O–H groups in total. The Morgan fingerprint density at radius 3 is 2.59 bits per heavy atom. The number of hydrogen-bond acceptors (Lipinski definition) is 2. The van der Waals surface area contributed by atoms with Crippen molar-refractivity contribution in [2.45, 2.75) is 26.8 Å². The van der Waals surface area contributed by atoms with E-state index in [9.17, 15) is 0 Å². The Hall–Kier alpha value is -2.11. The molecule has 0 radical (unpaired) electrons. The van der Waals surface area contributed by atoms with Crippen molar-refractivity contribution >= 4 is 23.0 Å². The zero-order chi connectivity index (χ0) is 18.8. The van der Waals surface area contributed by atoms with Crippen molar-refractivity contribution in [3.05, 3.63) is 58.7 Å². The summed E-state index contributed by atoms with van der Waals surface area (Å²) in [6.45, 7) is 10.4. The maximum atomic E-state index is 5.66. The average Bonchev–Trinajstić information content (AvgIpc) is 3.09. The second-order valence-corrected chi connectivity index (χ2v) is 8.15. The molecule has 0 spiro atoms. The molecule has 142 valence electrons. The molecule has 0 aliphatic carbocycles. The molecule has 2 aliphatic heterocycles. The number of quaternary nitrogens is 1. The van der Waals surface area contributed by atoms with E-state index in [1.54, 1.807) is 4.90 Å². The Morgan fingerprint density at radius 1 is 1.11 bits per heavy atom. The molecule has 0 atom stereocenters. The minimum atomic E-state index is 0.829. The Morgan fingerprint density at radius 2 is 1.85 bits per heavy atom. The maximum Gasteiger partial charge on any atom is 0.173 e. The summed E-state index contributed by atoms with van der Waals surface area (Å²) in [4.78, 5) is 3.92. The van der Waals surface area contributed by atoms with Crippen LogP contribution in [0.1, 0.15) is 22.3 Å². The molecule has 0 saturated carbocycles. The largest absolute Gasteiger partial charge is 0.493 e. The van der Waals surface area contributed by atoms with Crippen molar-refractivity contribution in [1.29, 1.82) is 0 Å². The van der Waals surface area contributed by atoms with Gasteiger partial charge in [0, 0.05) is 17.7 Å². The highest BCUT2D eigenvalue weighted by atomic mass is 32.1. The van der Waals surface area contributed by atoms with E-state index in [0.29, 0.717) is 0 Å². The quantitative estimate of drug-likeness (QED) is 0.798. The molecule has 2 aromatic rings. The summed E-state index contributed by atoms with van der Waals surface area (Å²) in [7, 11) is 0. The van der Waals surface area contributed by atoms with Crippen molar-refractivity contribution in [3.63, 3.8) is 0 Å². The summed E-state index contributed by atoms with van der Waals surface area (Å²) >= 11 is 5.66. The van der Waals surface area contributed by atoms with Crippen LogP contribution in [-0.4, -0.2) is 42.8 Å². The van der Waals surface area contributed by atoms with Gasteiger partial charge in [-0.05, 0) is 73.1 Å². The zero-order valence-corrected chi connectivity index (χ0v) is 17.0. The molecule has 27 heavy (non-hydrogen) atoms. The number of rotatable bonds is 3. The van der Waals surface area contributed by atoms with E-state index in [4.69, 9.17) is 17.0 Å². The van der Waals surface area contributed by atoms with Crippen molar-refractivity contribution in [2.75, 3.05) is 38.1 Å². The summed E-state index contributed by atoms with van der Waals surface area (Å²) < 4.78 is 5.61. The molecule has 4 nitrogen and oxygen atoms in total. The van der Waals surface area contributed by atoms with Gasteiger partial charge in [-0.1, -0.05) is 6.07 Å². The van der Waals surface area contributed by atoms with Gasteiger partial charge in [-0.25, -0.2) is 0 Å². The van der Waals surface area contributed by atoms with Crippen molar-refractivity contribution in [2.24, 2.45) is 0 Å². The summed E-state index contributed by atoms with van der Waals surface area (Å²) in [6.07, 6.45) is 1.05. The lowest BCUT2D eigenvalue weighted by atomic mass is 10.1. The molecule has 2 heterocycles. The molecular formula is C22H28N3OS+. The van der Waals surface area contributed by atoms with Crippen LogP contribution in [0.3, 0.4) is 0 Å². The third-order valence-electron chi connectivity index (χ3n) is 5.44. The molecule has 0 bridgehead atoms. The van der Waals surface area contributed by atoms with E-state index in [0.717, 1.165) is 62.3 Å². The van der Waals surface area contributed by atoms with Gasteiger partial charge in [0.1, 0.15) is 12.3 Å². The second kappa shape index (κ2) is 7.87. The highest BCUT2D eigenvalue weighted by Gasteiger charge is 2.22. The SMILES string of the molecule is Cc1cc(C)cc(NC(=S)N2CC[NH+](Cc3ccc4c(c3)CCO4)CC2)c1. The van der Waals surface area contributed by atoms with E-state index >= 15 is 0 Å². The number of fused-ring (bicyclic) bond motifs is 1. The van der Waals surface area contributed by atoms with Gasteiger partial charge in [0.15, 0.2) is 5.11 Å². The van der Waals surface area contributed by atoms with Crippen LogP contribution in [0.2, 0.25) is 0 Å². The van der Waals surface area contributed by atoms with Crippen LogP contribution in [0.15, 0.2) is 36.4 Å². The van der Waals surface area contributed by atoms with Crippen LogP contribution < -0.4 is 15.0 Å². The molecule has 0 unspecified atom stereocenters. The van der Waals surface area contributed by atoms with Gasteiger partial charge in [0.25, 0.3) is 0 Å². The number of ether oxygens (including phenoxy) is 1. The number of thiocarbonyl (C=S) groups is 1. The van der Waals surface area contributed by atoms with Crippen LogP contribution in [0.25, 0.3) is 0 Å². The smallest absolute Gasteiger partial charge is 0.173 e. The first-order valence-corrected chi connectivity index (χ1v) is 10.2. The summed E-state index contributed by atoms with van der Waals surface area (Å²) in [5, 5.41) is 4.26. The molecule has 0 amide bonds.